The number of nitrogens with zero attached hydrogens (tertiary/aromatic N) is 2. The Morgan fingerprint density at radius 2 is 1.94 bits per heavy atom. The van der Waals surface area contributed by atoms with Gasteiger partial charge in [0.05, 0.1) is 24.3 Å². The topological polar surface area (TPSA) is 110 Å². The van der Waals surface area contributed by atoms with Gasteiger partial charge in [-0.25, -0.2) is 9.78 Å². The average molecular weight is 467 g/mol. The molecule has 3 atom stereocenters. The van der Waals surface area contributed by atoms with E-state index in [1.54, 1.807) is 27.7 Å². The van der Waals surface area contributed by atoms with Gasteiger partial charge >= 0.3 is 12.1 Å². The van der Waals surface area contributed by atoms with Crippen molar-refractivity contribution < 1.29 is 23.9 Å². The highest BCUT2D eigenvalue weighted by molar-refractivity contribution is 7.13. The molecule has 1 aliphatic carbocycles. The van der Waals surface area contributed by atoms with E-state index in [1.165, 1.54) is 11.3 Å². The van der Waals surface area contributed by atoms with Gasteiger partial charge in [-0.15, -0.1) is 11.3 Å². The van der Waals surface area contributed by atoms with Gasteiger partial charge < -0.3 is 25.0 Å². The first kappa shape index (κ1) is 24.4. The Kier molecular flexibility index (Phi) is 7.76. The van der Waals surface area contributed by atoms with Crippen LogP contribution in [0.3, 0.4) is 0 Å². The highest BCUT2D eigenvalue weighted by Crippen LogP contribution is 2.28. The molecule has 1 aliphatic heterocycles. The van der Waals surface area contributed by atoms with Crippen molar-refractivity contribution in [1.82, 2.24) is 20.5 Å². The van der Waals surface area contributed by atoms with Gasteiger partial charge in [-0.2, -0.15) is 0 Å². The zero-order chi connectivity index (χ0) is 23.5. The van der Waals surface area contributed by atoms with Crippen molar-refractivity contribution in [2.45, 2.75) is 77.6 Å². The second kappa shape index (κ2) is 10.2. The normalized spacial score (nSPS) is 23.7. The van der Waals surface area contributed by atoms with Crippen LogP contribution in [-0.2, 0) is 27.2 Å². The number of hydrogen-bond acceptors (Lipinski definition) is 8. The first-order valence-electron chi connectivity index (χ1n) is 11.2. The summed E-state index contributed by atoms with van der Waals surface area (Å²) in [6, 6.07) is -0.776. The Balaban J connectivity index is 1.70. The maximum atomic E-state index is 13.0. The van der Waals surface area contributed by atoms with Gasteiger partial charge in [-0.3, -0.25) is 9.59 Å². The number of hydrogen-bond donors (Lipinski definition) is 2. The quantitative estimate of drug-likeness (QED) is 0.642. The molecule has 1 aromatic rings. The predicted molar refractivity (Wildman–Crippen MR) is 121 cm³/mol. The van der Waals surface area contributed by atoms with E-state index in [9.17, 15) is 14.4 Å². The van der Waals surface area contributed by atoms with Crippen molar-refractivity contribution in [2.75, 3.05) is 20.2 Å². The lowest BCUT2D eigenvalue weighted by molar-refractivity contribution is -0.149. The summed E-state index contributed by atoms with van der Waals surface area (Å²) in [5, 5.41) is 6.33. The molecule has 1 saturated carbocycles. The van der Waals surface area contributed by atoms with Crippen LogP contribution in [0.4, 0.5) is 4.79 Å². The lowest BCUT2D eigenvalue weighted by Gasteiger charge is -2.36. The van der Waals surface area contributed by atoms with Gasteiger partial charge in [0.2, 0.25) is 0 Å². The Labute approximate surface area is 193 Å². The van der Waals surface area contributed by atoms with Crippen LogP contribution in [0.25, 0.3) is 0 Å². The predicted octanol–water partition coefficient (Wildman–Crippen LogP) is 2.49. The maximum Gasteiger partial charge on any atom is 0.407 e. The Hall–Kier alpha value is -2.20. The second-order valence-corrected chi connectivity index (χ2v) is 10.6. The van der Waals surface area contributed by atoms with E-state index >= 15 is 0 Å². The molecular weight excluding hydrogens is 432 g/mol. The van der Waals surface area contributed by atoms with Crippen molar-refractivity contribution in [3.63, 3.8) is 0 Å². The molecule has 0 aromatic carbocycles. The van der Waals surface area contributed by atoms with Crippen molar-refractivity contribution in [2.24, 2.45) is 5.92 Å². The molecule has 9 nitrogen and oxygen atoms in total. The molecule has 2 amide bonds. The number of carbonyl (C=O) groups excluding carboxylic acids is 3. The summed E-state index contributed by atoms with van der Waals surface area (Å²) in [6.45, 7) is 9.17. The number of fused-ring (bicyclic) bond motifs is 1. The zero-order valence-corrected chi connectivity index (χ0v) is 20.3. The van der Waals surface area contributed by atoms with Crippen LogP contribution in [0.15, 0.2) is 0 Å². The number of thiazole rings is 1. The first-order valence-corrected chi connectivity index (χ1v) is 12.0. The second-order valence-electron chi connectivity index (χ2n) is 9.47. The van der Waals surface area contributed by atoms with Gasteiger partial charge in [-0.05, 0) is 54.0 Å². The van der Waals surface area contributed by atoms with E-state index in [2.05, 4.69) is 27.6 Å². The fourth-order valence-corrected chi connectivity index (χ4v) is 5.18. The Morgan fingerprint density at radius 1 is 1.19 bits per heavy atom. The molecule has 3 rings (SSSR count). The third-order valence-electron chi connectivity index (χ3n) is 5.61. The molecule has 2 aliphatic rings. The molecule has 3 unspecified atom stereocenters. The van der Waals surface area contributed by atoms with Crippen LogP contribution in [0.2, 0.25) is 0 Å². The summed E-state index contributed by atoms with van der Waals surface area (Å²) in [4.78, 5) is 45.6. The molecule has 1 fully saturated rings. The third-order valence-corrected chi connectivity index (χ3v) is 6.69. The van der Waals surface area contributed by atoms with Crippen LogP contribution >= 0.6 is 11.3 Å². The molecule has 0 bridgehead atoms. The number of amides is 2. The van der Waals surface area contributed by atoms with E-state index in [-0.39, 0.29) is 23.8 Å². The van der Waals surface area contributed by atoms with E-state index in [0.717, 1.165) is 30.1 Å². The molecular formula is C22H34N4O5S. The van der Waals surface area contributed by atoms with Crippen molar-refractivity contribution in [3.8, 4) is 0 Å². The average Bonchev–Trinajstić information content (AvgIpc) is 3.11. The highest BCUT2D eigenvalue weighted by Gasteiger charge is 2.37. The van der Waals surface area contributed by atoms with E-state index in [4.69, 9.17) is 9.47 Å². The fourth-order valence-electron chi connectivity index (χ4n) is 4.09. The van der Waals surface area contributed by atoms with Crippen LogP contribution in [0.5, 0.6) is 0 Å². The number of likely N-dealkylation sites (N-methyl/N-ethyl adjacent to an activating group) is 1. The zero-order valence-electron chi connectivity index (χ0n) is 19.5. The number of nitrogens with one attached hydrogen (secondary N) is 2. The number of rotatable bonds is 5. The van der Waals surface area contributed by atoms with E-state index < -0.39 is 17.7 Å². The number of esters is 1. The van der Waals surface area contributed by atoms with Crippen molar-refractivity contribution in [1.29, 1.82) is 0 Å². The summed E-state index contributed by atoms with van der Waals surface area (Å²) >= 11 is 1.42. The van der Waals surface area contributed by atoms with E-state index in [0.29, 0.717) is 30.9 Å². The van der Waals surface area contributed by atoms with Gasteiger partial charge in [0.25, 0.3) is 5.91 Å². The van der Waals surface area contributed by atoms with Gasteiger partial charge in [0, 0.05) is 30.4 Å². The smallest absolute Gasteiger partial charge is 0.407 e. The summed E-state index contributed by atoms with van der Waals surface area (Å²) in [6.07, 6.45) is 1.77. The minimum absolute atomic E-state index is 0.248. The highest BCUT2D eigenvalue weighted by atomic mass is 32.1. The van der Waals surface area contributed by atoms with Gasteiger partial charge in [0.1, 0.15) is 5.60 Å². The number of alkyl carbamates (subject to hydrolysis) is 1. The van der Waals surface area contributed by atoms with Crippen LogP contribution in [0, 0.1) is 5.92 Å². The molecule has 2 N–H and O–H groups in total. The first-order chi connectivity index (χ1) is 15.1. The fraction of sp³-hybridized carbons (Fsp3) is 0.727. The van der Waals surface area contributed by atoms with Crippen LogP contribution < -0.4 is 10.6 Å². The summed E-state index contributed by atoms with van der Waals surface area (Å²) in [7, 11) is 2.05. The summed E-state index contributed by atoms with van der Waals surface area (Å²) < 4.78 is 10.6. The molecule has 178 valence electrons. The minimum Gasteiger partial charge on any atom is -0.466 e. The Bertz CT molecular complexity index is 850. The monoisotopic (exact) mass is 466 g/mol. The van der Waals surface area contributed by atoms with Crippen LogP contribution in [0.1, 0.15) is 67.3 Å². The minimum atomic E-state index is -0.648. The number of carbonyl (C=O) groups is 3. The van der Waals surface area contributed by atoms with Gasteiger partial charge in [0.15, 0.2) is 5.01 Å². The molecule has 10 heteroatoms. The largest absolute Gasteiger partial charge is 0.466 e. The lowest BCUT2D eigenvalue weighted by atomic mass is 9.82. The summed E-state index contributed by atoms with van der Waals surface area (Å²) in [5.41, 5.74) is 0.346. The third kappa shape index (κ3) is 6.41. The molecule has 1 aromatic heterocycles. The van der Waals surface area contributed by atoms with Crippen molar-refractivity contribution >= 4 is 29.3 Å². The van der Waals surface area contributed by atoms with Crippen LogP contribution in [-0.4, -0.2) is 65.7 Å². The maximum absolute atomic E-state index is 13.0. The van der Waals surface area contributed by atoms with Crippen molar-refractivity contribution in [3.05, 3.63) is 15.6 Å². The number of aromatic nitrogens is 1. The standard InChI is InChI=1S/C22H34N4O5S/c1-6-30-20(28)13-7-8-14(16(11-13)25-21(29)31-22(2,3)4)23-18(27)19-24-15-9-10-26(5)12-17(15)32-19/h13-14,16H,6-12H2,1-5H3,(H,23,27)(H,25,29). The Morgan fingerprint density at radius 3 is 2.62 bits per heavy atom. The molecule has 0 radical (unpaired) electrons. The number of ether oxygens (including phenoxy) is 2. The SMILES string of the molecule is CCOC(=O)C1CCC(NC(=O)c2nc3c(s2)CN(C)CC3)C(NC(=O)OC(C)(C)C)C1. The van der Waals surface area contributed by atoms with Gasteiger partial charge in [-0.1, -0.05) is 0 Å². The molecule has 0 spiro atoms. The summed E-state index contributed by atoms with van der Waals surface area (Å²) in [5.74, 6) is -0.849. The molecule has 32 heavy (non-hydrogen) atoms. The molecule has 0 saturated heterocycles. The molecule has 2 heterocycles. The lowest BCUT2D eigenvalue weighted by Crippen LogP contribution is -2.56. The van der Waals surface area contributed by atoms with E-state index in [1.807, 2.05) is 0 Å².